The minimum Gasteiger partial charge on any atom is -0.393 e. The number of hydrogen-bond donors (Lipinski definition) is 2. The van der Waals surface area contributed by atoms with Crippen molar-refractivity contribution in [1.82, 2.24) is 9.97 Å². The Morgan fingerprint density at radius 1 is 0.857 bits per heavy atom. The van der Waals surface area contributed by atoms with E-state index in [1.807, 2.05) is 77.7 Å². The van der Waals surface area contributed by atoms with Crippen LogP contribution in [0.15, 0.2) is 91.0 Å². The fourth-order valence-electron chi connectivity index (χ4n) is 4.29. The number of aromatic nitrogens is 2. The molecule has 0 radical (unpaired) electrons. The van der Waals surface area contributed by atoms with Gasteiger partial charge < -0.3 is 15.7 Å². The van der Waals surface area contributed by atoms with Gasteiger partial charge in [0.25, 0.3) is 0 Å². The maximum Gasteiger partial charge on any atom is 0.248 e. The summed E-state index contributed by atoms with van der Waals surface area (Å²) in [4.78, 5) is 26.0. The molecule has 1 fully saturated rings. The quantitative estimate of drug-likeness (QED) is 0.430. The average Bonchev–Trinajstić information content (AvgIpc) is 2.90. The molecule has 0 aliphatic carbocycles. The monoisotopic (exact) mass is 465 g/mol. The molecule has 1 amide bonds. The van der Waals surface area contributed by atoms with Gasteiger partial charge >= 0.3 is 0 Å². The first kappa shape index (κ1) is 22.6. The van der Waals surface area contributed by atoms with Gasteiger partial charge in [-0.05, 0) is 43.2 Å². The molecule has 1 aliphatic rings. The van der Waals surface area contributed by atoms with E-state index in [2.05, 4.69) is 4.90 Å². The highest BCUT2D eigenvalue weighted by Gasteiger charge is 2.23. The van der Waals surface area contributed by atoms with Gasteiger partial charge in [-0.2, -0.15) is 4.98 Å². The lowest BCUT2D eigenvalue weighted by atomic mass is 10.1. The van der Waals surface area contributed by atoms with E-state index in [-0.39, 0.29) is 6.10 Å². The van der Waals surface area contributed by atoms with E-state index in [0.717, 1.165) is 28.5 Å². The number of amides is 1. The molecule has 7 heteroatoms. The number of piperidine rings is 1. The third-order valence-electron chi connectivity index (χ3n) is 6.16. The molecule has 3 aromatic carbocycles. The van der Waals surface area contributed by atoms with Crippen molar-refractivity contribution in [2.45, 2.75) is 18.9 Å². The molecule has 5 rings (SSSR count). The number of rotatable bonds is 6. The Balaban J connectivity index is 1.68. The average molecular weight is 466 g/mol. The van der Waals surface area contributed by atoms with E-state index in [0.29, 0.717) is 37.4 Å². The molecule has 35 heavy (non-hydrogen) atoms. The van der Waals surface area contributed by atoms with Crippen LogP contribution in [0.1, 0.15) is 23.2 Å². The Morgan fingerprint density at radius 3 is 2.20 bits per heavy atom. The van der Waals surface area contributed by atoms with Crippen LogP contribution in [0.5, 0.6) is 0 Å². The summed E-state index contributed by atoms with van der Waals surface area (Å²) >= 11 is 0. The van der Waals surface area contributed by atoms with Crippen molar-refractivity contribution in [3.8, 4) is 11.3 Å². The summed E-state index contributed by atoms with van der Waals surface area (Å²) in [6.45, 7) is 1.43. The molecular weight excluding hydrogens is 438 g/mol. The van der Waals surface area contributed by atoms with Gasteiger partial charge in [-0.3, -0.25) is 9.69 Å². The second-order valence-electron chi connectivity index (χ2n) is 8.58. The predicted molar refractivity (Wildman–Crippen MR) is 138 cm³/mol. The smallest absolute Gasteiger partial charge is 0.248 e. The minimum atomic E-state index is -0.494. The zero-order valence-corrected chi connectivity index (χ0v) is 19.3. The molecule has 3 N–H and O–H groups in total. The first-order chi connectivity index (χ1) is 17.1. The summed E-state index contributed by atoms with van der Waals surface area (Å²) in [6, 6.07) is 29.0. The Morgan fingerprint density at radius 2 is 1.51 bits per heavy atom. The summed E-state index contributed by atoms with van der Waals surface area (Å²) in [5.41, 5.74) is 9.36. The normalized spacial score (nSPS) is 14.0. The Labute approximate surface area is 204 Å². The van der Waals surface area contributed by atoms with Crippen LogP contribution < -0.4 is 15.5 Å². The zero-order chi connectivity index (χ0) is 24.2. The highest BCUT2D eigenvalue weighted by Crippen LogP contribution is 2.35. The number of primary amides is 1. The van der Waals surface area contributed by atoms with Crippen molar-refractivity contribution in [3.05, 3.63) is 96.6 Å². The van der Waals surface area contributed by atoms with Gasteiger partial charge in [0.15, 0.2) is 0 Å². The molecule has 0 unspecified atom stereocenters. The van der Waals surface area contributed by atoms with Gasteiger partial charge in [0.2, 0.25) is 11.9 Å². The van der Waals surface area contributed by atoms with Crippen molar-refractivity contribution >= 4 is 29.0 Å². The topological polar surface area (TPSA) is 95.6 Å². The summed E-state index contributed by atoms with van der Waals surface area (Å²) in [7, 11) is 0. The molecule has 2 heterocycles. The molecule has 0 saturated carbocycles. The molecule has 1 aromatic heterocycles. The van der Waals surface area contributed by atoms with Crippen molar-refractivity contribution in [1.29, 1.82) is 0 Å². The first-order valence-electron chi connectivity index (χ1n) is 11.7. The van der Waals surface area contributed by atoms with E-state index in [1.165, 1.54) is 0 Å². The minimum absolute atomic E-state index is 0.279. The summed E-state index contributed by atoms with van der Waals surface area (Å²) in [5.74, 6) is 0.791. The van der Waals surface area contributed by atoms with Crippen LogP contribution in [-0.4, -0.2) is 40.2 Å². The molecule has 0 spiro atoms. The number of para-hydroxylation sites is 1. The Bertz CT molecular complexity index is 1310. The van der Waals surface area contributed by atoms with Crippen molar-refractivity contribution in [3.63, 3.8) is 0 Å². The third-order valence-corrected chi connectivity index (χ3v) is 6.16. The number of aliphatic hydroxyl groups excluding tert-OH is 1. The molecule has 7 nitrogen and oxygen atoms in total. The van der Waals surface area contributed by atoms with E-state index in [1.54, 1.807) is 18.2 Å². The number of carbonyl (C=O) groups is 1. The molecule has 1 saturated heterocycles. The van der Waals surface area contributed by atoms with Crippen molar-refractivity contribution in [2.24, 2.45) is 5.73 Å². The number of nitrogens with zero attached hydrogens (tertiary/aromatic N) is 4. The van der Waals surface area contributed by atoms with Gasteiger partial charge in [0.1, 0.15) is 5.82 Å². The van der Waals surface area contributed by atoms with Crippen molar-refractivity contribution < 1.29 is 9.90 Å². The summed E-state index contributed by atoms with van der Waals surface area (Å²) < 4.78 is 0. The van der Waals surface area contributed by atoms with Gasteiger partial charge in [-0.1, -0.05) is 54.6 Å². The Kier molecular flexibility index (Phi) is 6.41. The number of hydrogen-bond acceptors (Lipinski definition) is 6. The highest BCUT2D eigenvalue weighted by molar-refractivity contribution is 5.94. The third kappa shape index (κ3) is 5.00. The SMILES string of the molecule is NC(=O)c1cccc(N(c2ccccc2)c2nc(-c3ccccc3)cc(N3CCC(O)CC3)n2)c1. The number of nitrogens with two attached hydrogens (primary N) is 1. The second-order valence-corrected chi connectivity index (χ2v) is 8.58. The lowest BCUT2D eigenvalue weighted by molar-refractivity contribution is 0.1000. The van der Waals surface area contributed by atoms with Gasteiger partial charge in [0.05, 0.1) is 11.8 Å². The van der Waals surface area contributed by atoms with Crippen LogP contribution in [-0.2, 0) is 0 Å². The largest absolute Gasteiger partial charge is 0.393 e. The van der Waals surface area contributed by atoms with E-state index < -0.39 is 5.91 Å². The van der Waals surface area contributed by atoms with Gasteiger partial charge in [0, 0.05) is 41.7 Å². The standard InChI is InChI=1S/C28H27N5O2/c29-27(35)21-10-7-13-23(18-21)33(22-11-5-2-6-12-22)28-30-25(20-8-3-1-4-9-20)19-26(31-28)32-16-14-24(34)15-17-32/h1-13,18-19,24,34H,14-17H2,(H2,29,35). The maximum absolute atomic E-state index is 11.9. The van der Waals surface area contributed by atoms with Gasteiger partial charge in [-0.25, -0.2) is 4.98 Å². The van der Waals surface area contributed by atoms with Crippen LogP contribution in [0, 0.1) is 0 Å². The molecule has 1 aliphatic heterocycles. The first-order valence-corrected chi connectivity index (χ1v) is 11.7. The van der Waals surface area contributed by atoms with Crippen LogP contribution in [0.4, 0.5) is 23.1 Å². The van der Waals surface area contributed by atoms with Crippen LogP contribution >= 0.6 is 0 Å². The number of aliphatic hydroxyl groups is 1. The van der Waals surface area contributed by atoms with E-state index >= 15 is 0 Å². The lowest BCUT2D eigenvalue weighted by Gasteiger charge is -2.32. The van der Waals surface area contributed by atoms with E-state index in [4.69, 9.17) is 15.7 Å². The molecular formula is C28H27N5O2. The molecule has 0 bridgehead atoms. The summed E-state index contributed by atoms with van der Waals surface area (Å²) in [6.07, 6.45) is 1.12. The number of benzene rings is 3. The Hall–Kier alpha value is -4.23. The number of carbonyl (C=O) groups excluding carboxylic acids is 1. The maximum atomic E-state index is 11.9. The highest BCUT2D eigenvalue weighted by atomic mass is 16.3. The van der Waals surface area contributed by atoms with Crippen LogP contribution in [0.3, 0.4) is 0 Å². The fourth-order valence-corrected chi connectivity index (χ4v) is 4.29. The molecule has 4 aromatic rings. The zero-order valence-electron chi connectivity index (χ0n) is 19.3. The molecule has 176 valence electrons. The molecule has 0 atom stereocenters. The van der Waals surface area contributed by atoms with Crippen LogP contribution in [0.2, 0.25) is 0 Å². The predicted octanol–water partition coefficient (Wildman–Crippen LogP) is 4.67. The number of anilines is 4. The summed E-state index contributed by atoms with van der Waals surface area (Å²) in [5, 5.41) is 10.0. The van der Waals surface area contributed by atoms with Crippen molar-refractivity contribution in [2.75, 3.05) is 22.9 Å². The van der Waals surface area contributed by atoms with Crippen LogP contribution in [0.25, 0.3) is 11.3 Å². The lowest BCUT2D eigenvalue weighted by Crippen LogP contribution is -2.36. The second kappa shape index (κ2) is 9.95. The van der Waals surface area contributed by atoms with E-state index in [9.17, 15) is 9.90 Å². The fraction of sp³-hybridized carbons (Fsp3) is 0.179. The van der Waals surface area contributed by atoms with Gasteiger partial charge in [-0.15, -0.1) is 0 Å².